The van der Waals surface area contributed by atoms with Gasteiger partial charge in [0.05, 0.1) is 0 Å². The first-order valence-corrected chi connectivity index (χ1v) is 6.73. The molecule has 1 aliphatic rings. The molecule has 3 amide bonds. The van der Waals surface area contributed by atoms with Gasteiger partial charge in [0, 0.05) is 0 Å². The van der Waals surface area contributed by atoms with E-state index in [1.165, 1.54) is 11.1 Å². The van der Waals surface area contributed by atoms with Crippen molar-refractivity contribution in [1.29, 1.82) is 0 Å². The molecule has 0 bridgehead atoms. The maximum atomic E-state index is 10.7. The van der Waals surface area contributed by atoms with Crippen molar-refractivity contribution in [2.24, 2.45) is 0 Å². The van der Waals surface area contributed by atoms with Crippen LogP contribution >= 0.6 is 0 Å². The summed E-state index contributed by atoms with van der Waals surface area (Å²) < 4.78 is 0. The first-order chi connectivity index (χ1) is 9.99. The van der Waals surface area contributed by atoms with Gasteiger partial charge in [-0.15, -0.1) is 0 Å². The van der Waals surface area contributed by atoms with Crippen molar-refractivity contribution in [3.05, 3.63) is 60.7 Å². The molecule has 0 spiro atoms. The highest BCUT2D eigenvalue weighted by Gasteiger charge is 2.36. The smallest absolute Gasteiger partial charge is 0.322 e. The molecule has 4 nitrogen and oxygen atoms in total. The van der Waals surface area contributed by atoms with Crippen LogP contribution in [0.2, 0.25) is 0 Å². The summed E-state index contributed by atoms with van der Waals surface area (Å²) in [4.78, 5) is 21.1. The zero-order chi connectivity index (χ0) is 15.3. The quantitative estimate of drug-likeness (QED) is 0.790. The maximum Gasteiger partial charge on any atom is 0.322 e. The summed E-state index contributed by atoms with van der Waals surface area (Å²) in [5, 5.41) is 4.56. The Bertz CT molecular complexity index is 584. The molecule has 1 saturated heterocycles. The van der Waals surface area contributed by atoms with Gasteiger partial charge in [-0.25, -0.2) is 4.79 Å². The molecular weight excluding hydrogens is 264 g/mol. The lowest BCUT2D eigenvalue weighted by atomic mass is 10.1. The molecule has 0 aromatic heterocycles. The molecule has 108 valence electrons. The number of rotatable bonds is 1. The Labute approximate surface area is 124 Å². The van der Waals surface area contributed by atoms with Crippen LogP contribution in [0.1, 0.15) is 13.8 Å². The summed E-state index contributed by atoms with van der Waals surface area (Å²) in [6, 6.07) is 20.4. The van der Waals surface area contributed by atoms with Crippen molar-refractivity contribution in [1.82, 2.24) is 10.6 Å². The zero-order valence-corrected chi connectivity index (χ0v) is 12.1. The molecule has 2 aromatic carbocycles. The van der Waals surface area contributed by atoms with Crippen molar-refractivity contribution in [2.75, 3.05) is 0 Å². The van der Waals surface area contributed by atoms with Gasteiger partial charge in [-0.3, -0.25) is 10.1 Å². The standard InChI is InChI=1S/C12H10.C5H8N2O2/c1-3-7-11(8-4-1)12-9-5-2-6-10-12;1-5(2)3(8)6-4(9)7-5/h1-10H;1-2H3,(H2,6,7,8,9). The van der Waals surface area contributed by atoms with E-state index < -0.39 is 11.6 Å². The molecule has 2 N–H and O–H groups in total. The van der Waals surface area contributed by atoms with Crippen LogP contribution in [0.25, 0.3) is 11.1 Å². The van der Waals surface area contributed by atoms with Crippen molar-refractivity contribution < 1.29 is 9.59 Å². The van der Waals surface area contributed by atoms with E-state index in [0.29, 0.717) is 0 Å². The van der Waals surface area contributed by atoms with E-state index in [1.54, 1.807) is 13.8 Å². The van der Waals surface area contributed by atoms with E-state index in [2.05, 4.69) is 59.2 Å². The minimum Gasteiger partial charge on any atom is -0.324 e. The summed E-state index contributed by atoms with van der Waals surface area (Å²) in [6.45, 7) is 3.29. The largest absolute Gasteiger partial charge is 0.324 e. The fourth-order valence-corrected chi connectivity index (χ4v) is 1.89. The molecule has 21 heavy (non-hydrogen) atoms. The Hall–Kier alpha value is -2.62. The summed E-state index contributed by atoms with van der Waals surface area (Å²) in [5.41, 5.74) is 1.83. The minimum atomic E-state index is -0.725. The van der Waals surface area contributed by atoms with Crippen molar-refractivity contribution >= 4 is 11.9 Å². The van der Waals surface area contributed by atoms with Crippen molar-refractivity contribution in [3.63, 3.8) is 0 Å². The third-order valence-corrected chi connectivity index (χ3v) is 3.10. The maximum absolute atomic E-state index is 10.7. The van der Waals surface area contributed by atoms with Gasteiger partial charge in [0.2, 0.25) is 0 Å². The third kappa shape index (κ3) is 3.92. The molecule has 0 atom stereocenters. The van der Waals surface area contributed by atoms with Gasteiger partial charge in [-0.1, -0.05) is 60.7 Å². The fourth-order valence-electron chi connectivity index (χ4n) is 1.89. The number of hydrogen-bond acceptors (Lipinski definition) is 2. The van der Waals surface area contributed by atoms with Crippen molar-refractivity contribution in [2.45, 2.75) is 19.4 Å². The molecule has 0 radical (unpaired) electrons. The van der Waals surface area contributed by atoms with Gasteiger partial charge in [-0.05, 0) is 25.0 Å². The number of amides is 3. The summed E-state index contributed by atoms with van der Waals surface area (Å²) in [6.07, 6.45) is 0. The summed E-state index contributed by atoms with van der Waals surface area (Å²) in [7, 11) is 0. The molecule has 0 saturated carbocycles. The molecule has 1 heterocycles. The summed E-state index contributed by atoms with van der Waals surface area (Å²) in [5.74, 6) is -0.271. The van der Waals surface area contributed by atoms with Crippen LogP contribution < -0.4 is 10.6 Å². The van der Waals surface area contributed by atoms with Crippen LogP contribution in [-0.4, -0.2) is 17.5 Å². The lowest BCUT2D eigenvalue weighted by Gasteiger charge is -2.11. The second-order valence-electron chi connectivity index (χ2n) is 5.27. The predicted molar refractivity (Wildman–Crippen MR) is 82.6 cm³/mol. The van der Waals surface area contributed by atoms with Gasteiger partial charge in [-0.2, -0.15) is 0 Å². The van der Waals surface area contributed by atoms with E-state index in [9.17, 15) is 9.59 Å². The molecule has 2 aromatic rings. The molecular formula is C17H18N2O2. The van der Waals surface area contributed by atoms with Gasteiger partial charge < -0.3 is 5.32 Å². The fraction of sp³-hybridized carbons (Fsp3) is 0.176. The molecule has 3 rings (SSSR count). The molecule has 4 heteroatoms. The van der Waals surface area contributed by atoms with E-state index >= 15 is 0 Å². The van der Waals surface area contributed by atoms with E-state index in [1.807, 2.05) is 12.1 Å². The molecule has 0 aliphatic carbocycles. The highest BCUT2D eigenvalue weighted by atomic mass is 16.2. The van der Waals surface area contributed by atoms with Crippen LogP contribution in [0.15, 0.2) is 60.7 Å². The number of carbonyl (C=O) groups excluding carboxylic acids is 2. The monoisotopic (exact) mass is 282 g/mol. The van der Waals surface area contributed by atoms with Crippen LogP contribution in [-0.2, 0) is 4.79 Å². The molecule has 1 aliphatic heterocycles. The number of benzene rings is 2. The number of imide groups is 1. The lowest BCUT2D eigenvalue weighted by Crippen LogP contribution is -2.39. The second kappa shape index (κ2) is 6.22. The van der Waals surface area contributed by atoms with E-state index in [0.717, 1.165) is 0 Å². The number of nitrogens with one attached hydrogen (secondary N) is 2. The Balaban J connectivity index is 0.000000161. The number of urea groups is 1. The van der Waals surface area contributed by atoms with Gasteiger partial charge in [0.1, 0.15) is 5.54 Å². The topological polar surface area (TPSA) is 58.2 Å². The van der Waals surface area contributed by atoms with Gasteiger partial charge >= 0.3 is 6.03 Å². The number of hydrogen-bond donors (Lipinski definition) is 2. The highest BCUT2D eigenvalue weighted by molar-refractivity contribution is 6.06. The van der Waals surface area contributed by atoms with E-state index in [-0.39, 0.29) is 5.91 Å². The predicted octanol–water partition coefficient (Wildman–Crippen LogP) is 2.96. The molecule has 0 unspecified atom stereocenters. The van der Waals surface area contributed by atoms with Crippen LogP contribution in [0, 0.1) is 0 Å². The normalized spacial score (nSPS) is 15.5. The Morgan fingerprint density at radius 1 is 0.762 bits per heavy atom. The van der Waals surface area contributed by atoms with Crippen LogP contribution in [0.5, 0.6) is 0 Å². The lowest BCUT2D eigenvalue weighted by molar-refractivity contribution is -0.122. The number of carbonyl (C=O) groups is 2. The second-order valence-corrected chi connectivity index (χ2v) is 5.27. The van der Waals surface area contributed by atoms with Gasteiger partial charge in [0.15, 0.2) is 0 Å². The Morgan fingerprint density at radius 2 is 1.19 bits per heavy atom. The average molecular weight is 282 g/mol. The Morgan fingerprint density at radius 3 is 1.43 bits per heavy atom. The van der Waals surface area contributed by atoms with Crippen molar-refractivity contribution in [3.8, 4) is 11.1 Å². The van der Waals surface area contributed by atoms with Crippen LogP contribution in [0.4, 0.5) is 4.79 Å². The van der Waals surface area contributed by atoms with Crippen LogP contribution in [0.3, 0.4) is 0 Å². The van der Waals surface area contributed by atoms with Gasteiger partial charge in [0.25, 0.3) is 5.91 Å². The molecule has 1 fully saturated rings. The van der Waals surface area contributed by atoms with E-state index in [4.69, 9.17) is 0 Å². The summed E-state index contributed by atoms with van der Waals surface area (Å²) >= 11 is 0. The first kappa shape index (κ1) is 14.8. The Kier molecular flexibility index (Phi) is 4.38. The minimum absolute atomic E-state index is 0.271. The highest BCUT2D eigenvalue weighted by Crippen LogP contribution is 2.17. The first-order valence-electron chi connectivity index (χ1n) is 6.73. The average Bonchev–Trinajstić information content (AvgIpc) is 2.72. The third-order valence-electron chi connectivity index (χ3n) is 3.10. The zero-order valence-electron chi connectivity index (χ0n) is 12.1. The SMILES string of the molecule is CC1(C)NC(=O)NC1=O.c1ccc(-c2ccccc2)cc1.